The smallest absolute Gasteiger partial charge is 0.321 e. The molecule has 1 unspecified atom stereocenters. The van der Waals surface area contributed by atoms with Crippen molar-refractivity contribution in [3.63, 3.8) is 0 Å². The average molecular weight is 676 g/mol. The molecule has 0 heterocycles. The Labute approximate surface area is 240 Å². The van der Waals surface area contributed by atoms with Crippen LogP contribution >= 0.6 is 37.8 Å². The Morgan fingerprint density at radius 2 is 0.786 bits per heavy atom. The fourth-order valence-corrected chi connectivity index (χ4v) is 13.8. The Morgan fingerprint density at radius 1 is 0.500 bits per heavy atom. The van der Waals surface area contributed by atoms with Gasteiger partial charge in [-0.2, -0.15) is 0 Å². The minimum atomic E-state index is -5.72. The van der Waals surface area contributed by atoms with Crippen molar-refractivity contribution in [3.05, 3.63) is 91.0 Å². The molecular formula is C24H25O13P5. The second kappa shape index (κ2) is 12.0. The molecule has 3 aromatic rings. The van der Waals surface area contributed by atoms with Gasteiger partial charge in [0.05, 0.1) is 31.8 Å². The van der Waals surface area contributed by atoms with Gasteiger partial charge in [-0.25, -0.2) is 4.31 Å². The first-order chi connectivity index (χ1) is 19.2. The maximum atomic E-state index is 15.1. The fraction of sp³-hybridized carbons (Fsp3) is 0. The quantitative estimate of drug-likeness (QED) is 0.144. The van der Waals surface area contributed by atoms with Gasteiger partial charge in [-0.15, -0.1) is 0 Å². The zero-order valence-corrected chi connectivity index (χ0v) is 25.8. The predicted molar refractivity (Wildman–Crippen MR) is 162 cm³/mol. The molecule has 0 amide bonds. The largest absolute Gasteiger partial charge is 0.365 e. The van der Waals surface area contributed by atoms with E-state index in [1.807, 2.05) is 0 Å². The van der Waals surface area contributed by atoms with E-state index >= 15 is 4.57 Å². The summed E-state index contributed by atoms with van der Waals surface area (Å²) in [4.78, 5) is 72.1. The molecule has 13 nitrogen and oxygen atoms in total. The molecule has 0 bridgehead atoms. The van der Waals surface area contributed by atoms with E-state index in [0.29, 0.717) is 0 Å². The molecule has 18 heteroatoms. The first-order valence-electron chi connectivity index (χ1n) is 11.3. The lowest BCUT2D eigenvalue weighted by Crippen LogP contribution is -2.38. The molecule has 0 fully saturated rings. The van der Waals surface area contributed by atoms with Crippen LogP contribution in [0.1, 0.15) is 16.7 Å². The van der Waals surface area contributed by atoms with Crippen LogP contribution in [0.4, 0.5) is 0 Å². The molecule has 0 aliphatic rings. The maximum absolute atomic E-state index is 15.1. The summed E-state index contributed by atoms with van der Waals surface area (Å²) in [5, 5.41) is -5.86. The Bertz CT molecular complexity index is 1770. The van der Waals surface area contributed by atoms with Crippen LogP contribution in [0.25, 0.3) is 18.2 Å². The fourth-order valence-electron chi connectivity index (χ4n) is 4.21. The molecule has 0 spiro atoms. The third kappa shape index (κ3) is 6.61. The highest BCUT2D eigenvalue weighted by molar-refractivity contribution is 7.84. The van der Waals surface area contributed by atoms with E-state index in [9.17, 15) is 52.5 Å². The number of rotatable bonds is 11. The number of hydrogen-bond donors (Lipinski definition) is 7. The van der Waals surface area contributed by atoms with Crippen LogP contribution in [0.2, 0.25) is 0 Å². The van der Waals surface area contributed by atoms with E-state index in [0.717, 1.165) is 72.8 Å². The lowest BCUT2D eigenvalue weighted by Gasteiger charge is -2.28. The van der Waals surface area contributed by atoms with Crippen LogP contribution < -0.4 is 31.8 Å². The number of hydrogen-bond acceptors (Lipinski definition) is 6. The summed E-state index contributed by atoms with van der Waals surface area (Å²) in [6, 6.07) is 9.38. The second-order valence-corrected chi connectivity index (χ2v) is 17.4. The minimum absolute atomic E-state index is 0.289. The molecule has 3 aromatic carbocycles. The van der Waals surface area contributed by atoms with E-state index in [1.54, 1.807) is 0 Å². The van der Waals surface area contributed by atoms with E-state index < -0.39 is 69.6 Å². The molecule has 0 aliphatic carbocycles. The van der Waals surface area contributed by atoms with Crippen molar-refractivity contribution in [3.8, 4) is 0 Å². The van der Waals surface area contributed by atoms with Crippen molar-refractivity contribution in [1.29, 1.82) is 0 Å². The lowest BCUT2D eigenvalue weighted by atomic mass is 10.2. The first-order valence-corrected chi connectivity index (χ1v) is 19.4. The van der Waals surface area contributed by atoms with Crippen molar-refractivity contribution in [2.24, 2.45) is 0 Å². The molecule has 7 N–H and O–H groups in total. The molecule has 3 rings (SSSR count). The second-order valence-electron chi connectivity index (χ2n) is 8.54. The standard InChI is InChI=1S/C24H25O13P5/c1-4-16-10-7-13-19(22(16)39(26,27)28)38(25,20-14-8-11-17(5-2)23(20)40(29,30)31)37-42(35,36)21-15-9-12-18(6-3)24(21)41(32,33)34/h4-15H,1-3H2,(H,35,36)(H2,26,27,28)(H2,29,30,31)(H2,32,33,34). The van der Waals surface area contributed by atoms with Crippen LogP contribution in [0.5, 0.6) is 0 Å². The summed E-state index contributed by atoms with van der Waals surface area (Å²) >= 11 is 0. The van der Waals surface area contributed by atoms with Crippen LogP contribution in [0, 0.1) is 0 Å². The number of benzene rings is 3. The summed E-state index contributed by atoms with van der Waals surface area (Å²) in [7, 11) is -27.5. The van der Waals surface area contributed by atoms with Gasteiger partial charge in [0.2, 0.25) is 0 Å². The van der Waals surface area contributed by atoms with Crippen LogP contribution in [0.15, 0.2) is 74.3 Å². The molecule has 0 saturated heterocycles. The summed E-state index contributed by atoms with van der Waals surface area (Å²) in [6.07, 6.45) is 2.92. The Hall–Kier alpha value is -2.29. The highest BCUT2D eigenvalue weighted by Crippen LogP contribution is 2.61. The van der Waals surface area contributed by atoms with E-state index in [4.69, 9.17) is 4.31 Å². The third-order valence-electron chi connectivity index (χ3n) is 5.84. The molecule has 42 heavy (non-hydrogen) atoms. The predicted octanol–water partition coefficient (Wildman–Crippen LogP) is 1.78. The summed E-state index contributed by atoms with van der Waals surface area (Å²) in [6.45, 7) is 10.3. The van der Waals surface area contributed by atoms with Gasteiger partial charge in [0.1, 0.15) is 0 Å². The van der Waals surface area contributed by atoms with E-state index in [-0.39, 0.29) is 16.7 Å². The van der Waals surface area contributed by atoms with Gasteiger partial charge in [-0.05, 0) is 34.9 Å². The molecule has 1 atom stereocenters. The van der Waals surface area contributed by atoms with Crippen molar-refractivity contribution < 1.29 is 61.4 Å². The van der Waals surface area contributed by atoms with Crippen LogP contribution in [-0.2, 0) is 27.1 Å². The van der Waals surface area contributed by atoms with Gasteiger partial charge in [0, 0.05) is 0 Å². The van der Waals surface area contributed by atoms with Crippen LogP contribution in [-0.4, -0.2) is 34.3 Å². The molecule has 224 valence electrons. The highest BCUT2D eigenvalue weighted by atomic mass is 31.3. The van der Waals surface area contributed by atoms with Crippen molar-refractivity contribution in [2.45, 2.75) is 0 Å². The zero-order chi connectivity index (χ0) is 31.9. The highest BCUT2D eigenvalue weighted by Gasteiger charge is 2.47. The van der Waals surface area contributed by atoms with Gasteiger partial charge >= 0.3 is 30.4 Å². The SMILES string of the molecule is C=Cc1cccc(P(=O)(O)OP(=O)(c2cccc(C=C)c2P(=O)(O)O)c2cccc(C=C)c2P(=O)(O)O)c1P(=O)(O)O. The van der Waals surface area contributed by atoms with Gasteiger partial charge < -0.3 is 34.3 Å². The zero-order valence-electron chi connectivity index (χ0n) is 21.4. The van der Waals surface area contributed by atoms with Crippen LogP contribution in [0.3, 0.4) is 0 Å². The topological polar surface area (TPSA) is 236 Å². The van der Waals surface area contributed by atoms with Gasteiger partial charge in [0.15, 0.2) is 0 Å². The summed E-state index contributed by atoms with van der Waals surface area (Å²) < 4.78 is 72.0. The first kappa shape index (κ1) is 34.2. The molecular weight excluding hydrogens is 651 g/mol. The molecule has 0 saturated carbocycles. The van der Waals surface area contributed by atoms with Gasteiger partial charge in [0.25, 0.3) is 7.37 Å². The third-order valence-corrected chi connectivity index (χ3v) is 14.4. The summed E-state index contributed by atoms with van der Waals surface area (Å²) in [5.41, 5.74) is -0.873. The monoisotopic (exact) mass is 676 g/mol. The average Bonchev–Trinajstić information content (AvgIpc) is 2.89. The van der Waals surface area contributed by atoms with E-state index in [2.05, 4.69) is 19.7 Å². The maximum Gasteiger partial charge on any atom is 0.365 e. The molecule has 0 aromatic heterocycles. The van der Waals surface area contributed by atoms with Gasteiger partial charge in [-0.3, -0.25) is 22.8 Å². The van der Waals surface area contributed by atoms with Crippen molar-refractivity contribution in [2.75, 3.05) is 0 Å². The van der Waals surface area contributed by atoms with Gasteiger partial charge in [-0.1, -0.05) is 74.4 Å². The van der Waals surface area contributed by atoms with Crippen molar-refractivity contribution in [1.82, 2.24) is 0 Å². The summed E-state index contributed by atoms with van der Waals surface area (Å²) in [5.74, 6) is 0. The Kier molecular flexibility index (Phi) is 9.78. The molecule has 0 radical (unpaired) electrons. The Morgan fingerprint density at radius 3 is 1.07 bits per heavy atom. The van der Waals surface area contributed by atoms with Crippen molar-refractivity contribution >= 4 is 87.8 Å². The lowest BCUT2D eigenvalue weighted by molar-refractivity contribution is 0.383. The van der Waals surface area contributed by atoms with E-state index in [1.165, 1.54) is 0 Å². The normalized spacial score (nSPS) is 14.2. The molecule has 0 aliphatic heterocycles. The minimum Gasteiger partial charge on any atom is -0.321 e. The Balaban J connectivity index is 2.59.